The van der Waals surface area contributed by atoms with E-state index in [0.717, 1.165) is 26.2 Å². The second-order valence-electron chi connectivity index (χ2n) is 4.21. The molecule has 0 saturated carbocycles. The molecule has 1 fully saturated rings. The van der Waals surface area contributed by atoms with Crippen LogP contribution in [-0.4, -0.2) is 41.8 Å². The van der Waals surface area contributed by atoms with Crippen molar-refractivity contribution < 1.29 is 19.1 Å². The van der Waals surface area contributed by atoms with E-state index in [4.69, 9.17) is 14.3 Å². The van der Waals surface area contributed by atoms with Gasteiger partial charge in [-0.3, -0.25) is 4.90 Å². The molecule has 1 atom stereocenters. The van der Waals surface area contributed by atoms with E-state index < -0.39 is 5.97 Å². The van der Waals surface area contributed by atoms with E-state index in [1.54, 1.807) is 6.07 Å². The molecule has 0 spiro atoms. The molecule has 1 aliphatic rings. The number of ether oxygens (including phenoxy) is 1. The van der Waals surface area contributed by atoms with Crippen LogP contribution in [0.5, 0.6) is 0 Å². The number of hydrogen-bond donors (Lipinski definition) is 1. The molecule has 5 nitrogen and oxygen atoms in total. The number of rotatable bonds is 4. The normalized spacial score (nSPS) is 21.6. The molecular formula is C12H17NO4. The quantitative estimate of drug-likeness (QED) is 0.864. The van der Waals surface area contributed by atoms with Crippen molar-refractivity contribution in [1.29, 1.82) is 0 Å². The van der Waals surface area contributed by atoms with Gasteiger partial charge in [-0.25, -0.2) is 4.79 Å². The first-order valence-electron chi connectivity index (χ1n) is 5.83. The van der Waals surface area contributed by atoms with Gasteiger partial charge in [-0.05, 0) is 12.5 Å². The Morgan fingerprint density at radius 1 is 1.65 bits per heavy atom. The van der Waals surface area contributed by atoms with Crippen molar-refractivity contribution in [2.75, 3.05) is 19.8 Å². The minimum absolute atomic E-state index is 0.210. The average molecular weight is 239 g/mol. The van der Waals surface area contributed by atoms with Gasteiger partial charge in [0.15, 0.2) is 0 Å². The third kappa shape index (κ3) is 2.87. The number of nitrogens with zero attached hydrogens (tertiary/aromatic N) is 1. The molecule has 0 bridgehead atoms. The Morgan fingerprint density at radius 2 is 2.47 bits per heavy atom. The van der Waals surface area contributed by atoms with E-state index >= 15 is 0 Å². The minimum Gasteiger partial charge on any atom is -0.478 e. The maximum atomic E-state index is 10.7. The predicted molar refractivity (Wildman–Crippen MR) is 61.0 cm³/mol. The summed E-state index contributed by atoms with van der Waals surface area (Å²) in [5.41, 5.74) is 0.210. The number of carbonyl (C=O) groups is 1. The van der Waals surface area contributed by atoms with Crippen molar-refractivity contribution in [3.63, 3.8) is 0 Å². The largest absolute Gasteiger partial charge is 0.478 e. The van der Waals surface area contributed by atoms with Crippen LogP contribution < -0.4 is 0 Å². The number of hydrogen-bond acceptors (Lipinski definition) is 4. The van der Waals surface area contributed by atoms with E-state index in [9.17, 15) is 4.79 Å². The standard InChI is InChI=1S/C12H17NO4/c1-2-10-8-16-4-3-13(10)6-11-5-9(7-17-11)12(14)15/h5,7,10H,2-4,6,8H2,1H3,(H,14,15). The van der Waals surface area contributed by atoms with Crippen molar-refractivity contribution in [2.45, 2.75) is 25.9 Å². The van der Waals surface area contributed by atoms with Crippen molar-refractivity contribution in [3.05, 3.63) is 23.7 Å². The minimum atomic E-state index is -0.950. The molecule has 1 aliphatic heterocycles. The zero-order valence-electron chi connectivity index (χ0n) is 9.89. The first-order valence-corrected chi connectivity index (χ1v) is 5.83. The third-order valence-electron chi connectivity index (χ3n) is 3.08. The lowest BCUT2D eigenvalue weighted by molar-refractivity contribution is -0.0153. The molecule has 17 heavy (non-hydrogen) atoms. The SMILES string of the molecule is CCC1COCCN1Cc1cc(C(=O)O)co1. The molecule has 1 N–H and O–H groups in total. The Labute approximate surface area is 100.0 Å². The molecular weight excluding hydrogens is 222 g/mol. The first-order chi connectivity index (χ1) is 8.20. The van der Waals surface area contributed by atoms with Crippen LogP contribution in [0.3, 0.4) is 0 Å². The highest BCUT2D eigenvalue weighted by atomic mass is 16.5. The van der Waals surface area contributed by atoms with Crippen molar-refractivity contribution in [2.24, 2.45) is 0 Å². The van der Waals surface area contributed by atoms with Crippen LogP contribution in [0.2, 0.25) is 0 Å². The predicted octanol–water partition coefficient (Wildman–Crippen LogP) is 1.59. The molecule has 1 unspecified atom stereocenters. The summed E-state index contributed by atoms with van der Waals surface area (Å²) in [6, 6.07) is 1.98. The molecule has 5 heteroatoms. The van der Waals surface area contributed by atoms with E-state index in [-0.39, 0.29) is 5.56 Å². The topological polar surface area (TPSA) is 62.9 Å². The first kappa shape index (κ1) is 12.1. The van der Waals surface area contributed by atoms with Gasteiger partial charge in [0.1, 0.15) is 12.0 Å². The Bertz CT molecular complexity index is 388. The van der Waals surface area contributed by atoms with Crippen LogP contribution >= 0.6 is 0 Å². The average Bonchev–Trinajstić information content (AvgIpc) is 2.78. The Kier molecular flexibility index (Phi) is 3.81. The summed E-state index contributed by atoms with van der Waals surface area (Å²) in [6.45, 7) is 5.10. The third-order valence-corrected chi connectivity index (χ3v) is 3.08. The second kappa shape index (κ2) is 5.33. The zero-order valence-corrected chi connectivity index (χ0v) is 9.89. The lowest BCUT2D eigenvalue weighted by Gasteiger charge is -2.34. The number of aromatic carboxylic acids is 1. The number of morpholine rings is 1. The van der Waals surface area contributed by atoms with Gasteiger partial charge < -0.3 is 14.3 Å². The summed E-state index contributed by atoms with van der Waals surface area (Å²) in [7, 11) is 0. The monoisotopic (exact) mass is 239 g/mol. The summed E-state index contributed by atoms with van der Waals surface area (Å²) in [4.78, 5) is 13.0. The molecule has 1 aromatic heterocycles. The van der Waals surface area contributed by atoms with Gasteiger partial charge in [-0.1, -0.05) is 6.92 Å². The zero-order chi connectivity index (χ0) is 12.3. The Hall–Kier alpha value is -1.33. The van der Waals surface area contributed by atoms with Gasteiger partial charge in [0.25, 0.3) is 0 Å². The Balaban J connectivity index is 2.00. The summed E-state index contributed by atoms with van der Waals surface area (Å²) in [6.07, 6.45) is 2.31. The lowest BCUT2D eigenvalue weighted by Crippen LogP contribution is -2.44. The van der Waals surface area contributed by atoms with Crippen molar-refractivity contribution in [3.8, 4) is 0 Å². The van der Waals surface area contributed by atoms with Crippen molar-refractivity contribution in [1.82, 2.24) is 4.90 Å². The number of carboxylic acids is 1. The second-order valence-corrected chi connectivity index (χ2v) is 4.21. The summed E-state index contributed by atoms with van der Waals surface area (Å²) in [5.74, 6) is -0.253. The molecule has 1 aromatic rings. The maximum absolute atomic E-state index is 10.7. The fourth-order valence-electron chi connectivity index (χ4n) is 2.05. The van der Waals surface area contributed by atoms with E-state index in [0.29, 0.717) is 18.3 Å². The van der Waals surface area contributed by atoms with E-state index in [1.165, 1.54) is 6.26 Å². The molecule has 0 aromatic carbocycles. The summed E-state index contributed by atoms with van der Waals surface area (Å²) >= 11 is 0. The smallest absolute Gasteiger partial charge is 0.338 e. The van der Waals surface area contributed by atoms with Crippen LogP contribution in [0.4, 0.5) is 0 Å². The highest BCUT2D eigenvalue weighted by molar-refractivity contribution is 5.87. The van der Waals surface area contributed by atoms with Gasteiger partial charge in [-0.15, -0.1) is 0 Å². The van der Waals surface area contributed by atoms with Crippen LogP contribution in [0.1, 0.15) is 29.5 Å². The van der Waals surface area contributed by atoms with Crippen molar-refractivity contribution >= 4 is 5.97 Å². The lowest BCUT2D eigenvalue weighted by atomic mass is 10.1. The molecule has 94 valence electrons. The fourth-order valence-corrected chi connectivity index (χ4v) is 2.05. The van der Waals surface area contributed by atoms with Gasteiger partial charge in [-0.2, -0.15) is 0 Å². The highest BCUT2D eigenvalue weighted by Gasteiger charge is 2.22. The molecule has 0 amide bonds. The molecule has 2 heterocycles. The van der Waals surface area contributed by atoms with Gasteiger partial charge in [0.05, 0.1) is 25.3 Å². The highest BCUT2D eigenvalue weighted by Crippen LogP contribution is 2.16. The summed E-state index contributed by atoms with van der Waals surface area (Å²) in [5, 5.41) is 8.81. The van der Waals surface area contributed by atoms with E-state index in [1.807, 2.05) is 0 Å². The van der Waals surface area contributed by atoms with Crippen LogP contribution in [0.15, 0.2) is 16.7 Å². The number of carboxylic acid groups (broad SMARTS) is 1. The van der Waals surface area contributed by atoms with Crippen LogP contribution in [0.25, 0.3) is 0 Å². The molecule has 1 saturated heterocycles. The van der Waals surface area contributed by atoms with E-state index in [2.05, 4.69) is 11.8 Å². The molecule has 0 radical (unpaired) electrons. The van der Waals surface area contributed by atoms with Crippen LogP contribution in [0, 0.1) is 0 Å². The fraction of sp³-hybridized carbons (Fsp3) is 0.583. The van der Waals surface area contributed by atoms with Gasteiger partial charge in [0.2, 0.25) is 0 Å². The van der Waals surface area contributed by atoms with Gasteiger partial charge in [0, 0.05) is 12.6 Å². The molecule has 2 rings (SSSR count). The summed E-state index contributed by atoms with van der Waals surface area (Å²) < 4.78 is 10.7. The molecule has 0 aliphatic carbocycles. The number of furan rings is 1. The van der Waals surface area contributed by atoms with Gasteiger partial charge >= 0.3 is 5.97 Å². The Morgan fingerprint density at radius 3 is 3.12 bits per heavy atom. The maximum Gasteiger partial charge on any atom is 0.338 e. The van der Waals surface area contributed by atoms with Crippen LogP contribution in [-0.2, 0) is 11.3 Å².